The largest absolute Gasteiger partial charge is 1.00 e. The van der Waals surface area contributed by atoms with Crippen molar-refractivity contribution in [1.82, 2.24) is 0 Å². The Morgan fingerprint density at radius 2 is 0.625 bits per heavy atom. The van der Waals surface area contributed by atoms with Crippen LogP contribution in [0.1, 0.15) is 0 Å². The van der Waals surface area contributed by atoms with E-state index >= 15 is 0 Å². The Labute approximate surface area is 99.7 Å². The molecule has 0 bridgehead atoms. The summed E-state index contributed by atoms with van der Waals surface area (Å²) >= 11 is 0. The number of rotatable bonds is 0. The van der Waals surface area contributed by atoms with Gasteiger partial charge in [0.2, 0.25) is 0 Å². The van der Waals surface area contributed by atoms with Gasteiger partial charge in [0.15, 0.2) is 0 Å². The Bertz CT molecular complexity index is 67.1. The van der Waals surface area contributed by atoms with Crippen molar-refractivity contribution in [2.75, 3.05) is 0 Å². The van der Waals surface area contributed by atoms with E-state index in [0.29, 0.717) is 0 Å². The van der Waals surface area contributed by atoms with Crippen LogP contribution in [-0.2, 0) is 0 Å². The summed E-state index contributed by atoms with van der Waals surface area (Å²) < 4.78 is 59.2. The van der Waals surface area contributed by atoms with Crippen LogP contribution < -0.4 is 68.9 Å². The third-order valence-electron chi connectivity index (χ3n) is 0. The first-order valence-electron chi connectivity index (χ1n) is 1.01. The van der Waals surface area contributed by atoms with Crippen LogP contribution in [0.2, 0.25) is 0 Å². The van der Waals surface area contributed by atoms with Crippen molar-refractivity contribution >= 4 is 7.81 Å². The molecule has 0 nitrogen and oxygen atoms in total. The van der Waals surface area contributed by atoms with Gasteiger partial charge < -0.3 is 0 Å². The SMILES string of the molecule is F[P-](F)(F)(F)(F)F.[Cs+]. The minimum atomic E-state index is -10.7. The zero-order valence-corrected chi connectivity index (χ0v) is 10.9. The molecule has 0 aromatic carbocycles. The van der Waals surface area contributed by atoms with Gasteiger partial charge in [-0.25, -0.2) is 0 Å². The van der Waals surface area contributed by atoms with Crippen molar-refractivity contribution in [3.05, 3.63) is 0 Å². The summed E-state index contributed by atoms with van der Waals surface area (Å²) in [5.74, 6) is 0. The van der Waals surface area contributed by atoms with E-state index in [4.69, 9.17) is 0 Å². The Morgan fingerprint density at radius 1 is 0.625 bits per heavy atom. The van der Waals surface area contributed by atoms with Gasteiger partial charge in [-0.1, -0.05) is 0 Å². The molecule has 0 unspecified atom stereocenters. The second kappa shape index (κ2) is 2.02. The van der Waals surface area contributed by atoms with Crippen LogP contribution in [0.5, 0.6) is 0 Å². The average Bonchev–Trinajstić information content (AvgIpc) is 0.592. The molecule has 0 aliphatic carbocycles. The Morgan fingerprint density at radius 3 is 0.625 bits per heavy atom. The van der Waals surface area contributed by atoms with Gasteiger partial charge >= 0.3 is 102 Å². The summed E-state index contributed by atoms with van der Waals surface area (Å²) in [6.45, 7) is 0. The molecule has 48 valence electrons. The van der Waals surface area contributed by atoms with Gasteiger partial charge in [0.05, 0.1) is 0 Å². The van der Waals surface area contributed by atoms with Gasteiger partial charge in [-0.3, -0.25) is 0 Å². The topological polar surface area (TPSA) is 0 Å². The monoisotopic (exact) mass is 278 g/mol. The maximum absolute atomic E-state index is 10.7. The van der Waals surface area contributed by atoms with Crippen LogP contribution in [0.3, 0.4) is 0 Å². The molecule has 0 spiro atoms. The van der Waals surface area contributed by atoms with E-state index in [1.165, 1.54) is 0 Å². The fourth-order valence-electron chi connectivity index (χ4n) is 0. The molecule has 0 heterocycles. The van der Waals surface area contributed by atoms with E-state index in [0.717, 1.165) is 0 Å². The molecule has 0 saturated heterocycles. The zero-order chi connectivity index (χ0) is 6.41. The molecule has 0 aliphatic rings. The molecule has 0 saturated carbocycles. The van der Waals surface area contributed by atoms with E-state index in [-0.39, 0.29) is 68.9 Å². The first kappa shape index (κ1) is 12.7. The maximum atomic E-state index is 9.87. The fourth-order valence-corrected chi connectivity index (χ4v) is 0. The Hall–Kier alpha value is 2.06. The quantitative estimate of drug-likeness (QED) is 0.444. The minimum absolute atomic E-state index is 0. The molecular formula is CsF6P. The molecule has 0 radical (unpaired) electrons. The van der Waals surface area contributed by atoms with Crippen molar-refractivity contribution in [1.29, 1.82) is 0 Å². The standard InChI is InChI=1S/Cs.F6P/c;1-7(2,3,4,5)6/q+1;-1. The van der Waals surface area contributed by atoms with E-state index in [1.807, 2.05) is 0 Å². The van der Waals surface area contributed by atoms with Crippen molar-refractivity contribution in [3.63, 3.8) is 0 Å². The third kappa shape index (κ3) is 94.6. The summed E-state index contributed by atoms with van der Waals surface area (Å²) in [6.07, 6.45) is 0. The van der Waals surface area contributed by atoms with E-state index in [2.05, 4.69) is 0 Å². The normalized spacial score (nSPS) is 20.2. The number of hydrogen-bond acceptors (Lipinski definition) is 0. The van der Waals surface area contributed by atoms with E-state index in [1.54, 1.807) is 0 Å². The Kier molecular flexibility index (Phi) is 3.22. The smallest absolute Gasteiger partial charge is 1.00 e. The third-order valence-corrected chi connectivity index (χ3v) is 0. The van der Waals surface area contributed by atoms with Crippen LogP contribution in [0.4, 0.5) is 25.2 Å². The summed E-state index contributed by atoms with van der Waals surface area (Å²) in [7, 11) is -10.7. The van der Waals surface area contributed by atoms with Crippen LogP contribution in [0.15, 0.2) is 0 Å². The van der Waals surface area contributed by atoms with Crippen molar-refractivity contribution in [3.8, 4) is 0 Å². The molecule has 0 aromatic heterocycles. The van der Waals surface area contributed by atoms with Gasteiger partial charge in [-0.2, -0.15) is 0 Å². The minimum Gasteiger partial charge on any atom is 1.00 e. The number of hydrogen-bond donors (Lipinski definition) is 0. The molecule has 0 amide bonds. The first-order chi connectivity index (χ1) is 2.45. The predicted molar refractivity (Wildman–Crippen MR) is 13.6 cm³/mol. The summed E-state index contributed by atoms with van der Waals surface area (Å²) in [5.41, 5.74) is 0. The summed E-state index contributed by atoms with van der Waals surface area (Å²) in [5, 5.41) is 0. The van der Waals surface area contributed by atoms with Crippen molar-refractivity contribution in [2.45, 2.75) is 0 Å². The molecule has 8 heavy (non-hydrogen) atoms. The van der Waals surface area contributed by atoms with Gasteiger partial charge in [0.25, 0.3) is 0 Å². The second-order valence-electron chi connectivity index (χ2n) is 0.958. The predicted octanol–water partition coefficient (Wildman–Crippen LogP) is 0.386. The fraction of sp³-hybridized carbons (Fsp3) is 0. The molecule has 0 aromatic rings. The molecule has 0 atom stereocenters. The van der Waals surface area contributed by atoms with Gasteiger partial charge in [-0.15, -0.1) is 0 Å². The van der Waals surface area contributed by atoms with Crippen LogP contribution in [-0.4, -0.2) is 0 Å². The van der Waals surface area contributed by atoms with E-state index in [9.17, 15) is 25.2 Å². The van der Waals surface area contributed by atoms with Crippen LogP contribution in [0.25, 0.3) is 0 Å². The summed E-state index contributed by atoms with van der Waals surface area (Å²) in [4.78, 5) is 0. The number of halogens is 6. The molecule has 0 fully saturated rings. The average molecular weight is 278 g/mol. The van der Waals surface area contributed by atoms with Crippen LogP contribution in [0, 0.1) is 0 Å². The van der Waals surface area contributed by atoms with Crippen LogP contribution >= 0.6 is 7.81 Å². The maximum Gasteiger partial charge on any atom is 1.00 e. The zero-order valence-electron chi connectivity index (χ0n) is 3.72. The molecular weight excluding hydrogens is 278 g/mol. The molecule has 0 aliphatic heterocycles. The van der Waals surface area contributed by atoms with Gasteiger partial charge in [0, 0.05) is 0 Å². The van der Waals surface area contributed by atoms with Crippen molar-refractivity contribution in [2.24, 2.45) is 0 Å². The van der Waals surface area contributed by atoms with Crippen molar-refractivity contribution < 1.29 is 94.1 Å². The molecule has 8 heteroatoms. The Balaban J connectivity index is 0. The molecule has 0 rings (SSSR count). The second-order valence-corrected chi connectivity index (χ2v) is 2.87. The van der Waals surface area contributed by atoms with Gasteiger partial charge in [-0.05, 0) is 0 Å². The summed E-state index contributed by atoms with van der Waals surface area (Å²) in [6, 6.07) is 0. The van der Waals surface area contributed by atoms with Gasteiger partial charge in [0.1, 0.15) is 0 Å². The first-order valence-corrected chi connectivity index (χ1v) is 3.04. The van der Waals surface area contributed by atoms with E-state index < -0.39 is 7.81 Å². The molecule has 0 N–H and O–H groups in total.